The van der Waals surface area contributed by atoms with Crippen LogP contribution in [0.4, 0.5) is 4.39 Å². The summed E-state index contributed by atoms with van der Waals surface area (Å²) in [6.07, 6.45) is 0. The van der Waals surface area contributed by atoms with Crippen molar-refractivity contribution in [3.63, 3.8) is 0 Å². The normalized spacial score (nSPS) is 16.1. The van der Waals surface area contributed by atoms with E-state index in [1.807, 2.05) is 0 Å². The third-order valence-electron chi connectivity index (χ3n) is 2.54. The molecule has 1 aliphatic rings. The predicted octanol–water partition coefficient (Wildman–Crippen LogP) is 1.88. The summed E-state index contributed by atoms with van der Waals surface area (Å²) in [6, 6.07) is 2.50. The highest BCUT2D eigenvalue weighted by atomic mass is 19.1. The molecule has 0 unspecified atom stereocenters. The van der Waals surface area contributed by atoms with Crippen molar-refractivity contribution >= 4 is 5.97 Å². The van der Waals surface area contributed by atoms with Crippen LogP contribution in [0.3, 0.4) is 0 Å². The molecule has 1 atom stereocenters. The van der Waals surface area contributed by atoms with Crippen molar-refractivity contribution < 1.29 is 23.8 Å². The number of hydrogen-bond acceptors (Lipinski definition) is 3. The van der Waals surface area contributed by atoms with Gasteiger partial charge in [0.05, 0.1) is 12.5 Å². The maximum Gasteiger partial charge on any atom is 0.310 e. The average molecular weight is 226 g/mol. The molecule has 0 amide bonds. The van der Waals surface area contributed by atoms with Crippen molar-refractivity contribution in [1.29, 1.82) is 0 Å². The summed E-state index contributed by atoms with van der Waals surface area (Å²) in [5.74, 6) is -1.86. The molecule has 1 heterocycles. The first kappa shape index (κ1) is 10.9. The first-order valence-corrected chi connectivity index (χ1v) is 4.85. The van der Waals surface area contributed by atoms with Gasteiger partial charge >= 0.3 is 5.97 Å². The van der Waals surface area contributed by atoms with Gasteiger partial charge in [-0.25, -0.2) is 4.39 Å². The second-order valence-corrected chi connectivity index (χ2v) is 3.65. The minimum Gasteiger partial charge on any atom is -0.481 e. The average Bonchev–Trinajstić information content (AvgIpc) is 2.26. The molecule has 0 radical (unpaired) electrons. The number of benzene rings is 1. The van der Waals surface area contributed by atoms with Gasteiger partial charge in [0.15, 0.2) is 6.79 Å². The Kier molecular flexibility index (Phi) is 2.78. The van der Waals surface area contributed by atoms with Crippen molar-refractivity contribution in [2.45, 2.75) is 19.4 Å². The molecule has 1 aromatic rings. The molecule has 0 saturated carbocycles. The molecule has 0 aliphatic carbocycles. The van der Waals surface area contributed by atoms with Gasteiger partial charge in [0.25, 0.3) is 0 Å². The van der Waals surface area contributed by atoms with E-state index in [9.17, 15) is 9.18 Å². The Morgan fingerprint density at radius 1 is 1.56 bits per heavy atom. The van der Waals surface area contributed by atoms with Gasteiger partial charge in [-0.15, -0.1) is 0 Å². The number of hydrogen-bond donors (Lipinski definition) is 1. The van der Waals surface area contributed by atoms with Crippen LogP contribution in [0.1, 0.15) is 24.0 Å². The van der Waals surface area contributed by atoms with E-state index in [1.54, 1.807) is 0 Å². The predicted molar refractivity (Wildman–Crippen MR) is 52.7 cm³/mol. The maximum absolute atomic E-state index is 13.3. The molecule has 16 heavy (non-hydrogen) atoms. The van der Waals surface area contributed by atoms with Gasteiger partial charge in [0.2, 0.25) is 0 Å². The molecule has 0 aromatic heterocycles. The maximum atomic E-state index is 13.3. The van der Waals surface area contributed by atoms with E-state index >= 15 is 0 Å². The summed E-state index contributed by atoms with van der Waals surface area (Å²) in [7, 11) is 0. The number of fused-ring (bicyclic) bond motifs is 1. The zero-order chi connectivity index (χ0) is 11.7. The molecule has 1 aromatic carbocycles. The van der Waals surface area contributed by atoms with Crippen LogP contribution < -0.4 is 4.74 Å². The summed E-state index contributed by atoms with van der Waals surface area (Å²) in [6.45, 7) is 1.81. The largest absolute Gasteiger partial charge is 0.481 e. The molecule has 1 aliphatic heterocycles. The number of carboxylic acid groups (broad SMARTS) is 1. The molecule has 0 saturated heterocycles. The number of carbonyl (C=O) groups is 1. The van der Waals surface area contributed by atoms with E-state index in [0.29, 0.717) is 16.9 Å². The number of carboxylic acids is 1. The third kappa shape index (κ3) is 1.86. The fourth-order valence-corrected chi connectivity index (χ4v) is 1.66. The van der Waals surface area contributed by atoms with Crippen LogP contribution in [0.25, 0.3) is 0 Å². The quantitative estimate of drug-likeness (QED) is 0.836. The molecule has 86 valence electrons. The van der Waals surface area contributed by atoms with Crippen LogP contribution in [-0.2, 0) is 16.1 Å². The zero-order valence-electron chi connectivity index (χ0n) is 8.70. The highest BCUT2D eigenvalue weighted by molar-refractivity contribution is 5.77. The van der Waals surface area contributed by atoms with Gasteiger partial charge in [-0.05, 0) is 19.1 Å². The van der Waals surface area contributed by atoms with Crippen molar-refractivity contribution in [2.24, 2.45) is 0 Å². The fourth-order valence-electron chi connectivity index (χ4n) is 1.66. The monoisotopic (exact) mass is 226 g/mol. The highest BCUT2D eigenvalue weighted by Gasteiger charge is 2.24. The van der Waals surface area contributed by atoms with Crippen LogP contribution in [0.15, 0.2) is 12.1 Å². The third-order valence-corrected chi connectivity index (χ3v) is 2.54. The van der Waals surface area contributed by atoms with Crippen LogP contribution in [0, 0.1) is 5.82 Å². The standard InChI is InChI=1S/C11H11FO4/c1-6(11(13)14)9-3-8(12)2-7-4-15-5-16-10(7)9/h2-3,6H,4-5H2,1H3,(H,13,14)/t6-/m1/s1. The molecule has 4 nitrogen and oxygen atoms in total. The SMILES string of the molecule is C[C@@H](C(=O)O)c1cc(F)cc2c1OCOC2. The molecule has 0 fully saturated rings. The van der Waals surface area contributed by atoms with E-state index in [0.717, 1.165) is 0 Å². The minimum absolute atomic E-state index is 0.0674. The number of halogens is 1. The van der Waals surface area contributed by atoms with Gasteiger partial charge in [0, 0.05) is 11.1 Å². The first-order chi connectivity index (χ1) is 7.59. The number of aliphatic carboxylic acids is 1. The first-order valence-electron chi connectivity index (χ1n) is 4.85. The van der Waals surface area contributed by atoms with Gasteiger partial charge < -0.3 is 14.6 Å². The Morgan fingerprint density at radius 3 is 3.00 bits per heavy atom. The Balaban J connectivity index is 2.51. The van der Waals surface area contributed by atoms with Crippen LogP contribution in [0.2, 0.25) is 0 Å². The second kappa shape index (κ2) is 4.09. The van der Waals surface area contributed by atoms with Crippen molar-refractivity contribution in [3.05, 3.63) is 29.1 Å². The van der Waals surface area contributed by atoms with E-state index < -0.39 is 17.7 Å². The lowest BCUT2D eigenvalue weighted by atomic mass is 9.97. The molecule has 5 heteroatoms. The second-order valence-electron chi connectivity index (χ2n) is 3.65. The fraction of sp³-hybridized carbons (Fsp3) is 0.364. The molecule has 0 spiro atoms. The van der Waals surface area contributed by atoms with Crippen LogP contribution >= 0.6 is 0 Å². The Hall–Kier alpha value is -1.62. The van der Waals surface area contributed by atoms with Crippen LogP contribution in [-0.4, -0.2) is 17.9 Å². The lowest BCUT2D eigenvalue weighted by molar-refractivity contribution is -0.138. The zero-order valence-corrected chi connectivity index (χ0v) is 8.70. The van der Waals surface area contributed by atoms with Gasteiger partial charge in [-0.1, -0.05) is 0 Å². The van der Waals surface area contributed by atoms with Crippen molar-refractivity contribution in [1.82, 2.24) is 0 Å². The number of ether oxygens (including phenoxy) is 2. The van der Waals surface area contributed by atoms with Gasteiger partial charge in [-0.3, -0.25) is 4.79 Å². The molecule has 2 rings (SSSR count). The van der Waals surface area contributed by atoms with E-state index in [-0.39, 0.29) is 13.4 Å². The summed E-state index contributed by atoms with van der Waals surface area (Å²) >= 11 is 0. The summed E-state index contributed by atoms with van der Waals surface area (Å²) in [4.78, 5) is 10.9. The highest BCUT2D eigenvalue weighted by Crippen LogP contribution is 2.34. The smallest absolute Gasteiger partial charge is 0.310 e. The lowest BCUT2D eigenvalue weighted by Gasteiger charge is -2.22. The van der Waals surface area contributed by atoms with Crippen molar-refractivity contribution in [2.75, 3.05) is 6.79 Å². The van der Waals surface area contributed by atoms with Crippen LogP contribution in [0.5, 0.6) is 5.75 Å². The summed E-state index contributed by atoms with van der Waals surface area (Å²) < 4.78 is 23.5. The Labute approximate surface area is 91.6 Å². The van der Waals surface area contributed by atoms with E-state index in [4.69, 9.17) is 14.6 Å². The van der Waals surface area contributed by atoms with Crippen molar-refractivity contribution in [3.8, 4) is 5.75 Å². The summed E-state index contributed by atoms with van der Waals surface area (Å²) in [5, 5.41) is 8.92. The molecular weight excluding hydrogens is 215 g/mol. The summed E-state index contributed by atoms with van der Waals surface area (Å²) in [5.41, 5.74) is 0.903. The molecular formula is C11H11FO4. The molecule has 0 bridgehead atoms. The number of rotatable bonds is 2. The topological polar surface area (TPSA) is 55.8 Å². The lowest BCUT2D eigenvalue weighted by Crippen LogP contribution is -2.17. The van der Waals surface area contributed by atoms with E-state index in [2.05, 4.69) is 0 Å². The Morgan fingerprint density at radius 2 is 2.31 bits per heavy atom. The Bertz CT molecular complexity index is 430. The van der Waals surface area contributed by atoms with Gasteiger partial charge in [0.1, 0.15) is 11.6 Å². The van der Waals surface area contributed by atoms with Gasteiger partial charge in [-0.2, -0.15) is 0 Å². The minimum atomic E-state index is -1.01. The van der Waals surface area contributed by atoms with E-state index in [1.165, 1.54) is 19.1 Å². The molecule has 1 N–H and O–H groups in total.